The molecule has 0 saturated heterocycles. The van der Waals surface area contributed by atoms with Gasteiger partial charge in [0.15, 0.2) is 0 Å². The Balaban J connectivity index is 0.923. The molecule has 2 heteroatoms. The fraction of sp³-hybridized carbons (Fsp3) is 0.0154. The first-order valence-corrected chi connectivity index (χ1v) is 23.1. The zero-order valence-corrected chi connectivity index (χ0v) is 36.7. The van der Waals surface area contributed by atoms with Gasteiger partial charge in [0.05, 0.1) is 5.41 Å². The van der Waals surface area contributed by atoms with Crippen molar-refractivity contribution in [2.45, 2.75) is 5.41 Å². The molecule has 1 heterocycles. The normalized spacial score (nSPS) is 12.6. The molecule has 12 aromatic rings. The number of hydrogen-bond acceptors (Lipinski definition) is 2. The molecule has 0 radical (unpaired) electrons. The summed E-state index contributed by atoms with van der Waals surface area (Å²) in [5.41, 5.74) is 17.1. The number of rotatable bonds is 8. The van der Waals surface area contributed by atoms with Gasteiger partial charge in [0.25, 0.3) is 0 Å². The van der Waals surface area contributed by atoms with Crippen LogP contribution in [-0.4, -0.2) is 0 Å². The second-order valence-electron chi connectivity index (χ2n) is 17.5. The highest BCUT2D eigenvalue weighted by molar-refractivity contribution is 6.29. The van der Waals surface area contributed by atoms with Crippen LogP contribution in [0.1, 0.15) is 22.3 Å². The van der Waals surface area contributed by atoms with E-state index in [4.69, 9.17) is 4.42 Å². The highest BCUT2D eigenvalue weighted by Crippen LogP contribution is 2.56. The number of fused-ring (bicyclic) bond motifs is 9. The molecule has 314 valence electrons. The Kier molecular flexibility index (Phi) is 9.11. The van der Waals surface area contributed by atoms with E-state index < -0.39 is 5.41 Å². The summed E-state index contributed by atoms with van der Waals surface area (Å²) in [6.45, 7) is 0. The molecule has 13 rings (SSSR count). The Labute approximate surface area is 390 Å². The van der Waals surface area contributed by atoms with E-state index in [2.05, 4.69) is 266 Å². The van der Waals surface area contributed by atoms with Crippen molar-refractivity contribution in [3.05, 3.63) is 283 Å². The van der Waals surface area contributed by atoms with Crippen molar-refractivity contribution in [3.8, 4) is 44.7 Å². The van der Waals surface area contributed by atoms with Crippen molar-refractivity contribution in [3.63, 3.8) is 0 Å². The first kappa shape index (κ1) is 38.7. The quantitative estimate of drug-likeness (QED) is 0.142. The van der Waals surface area contributed by atoms with E-state index in [1.54, 1.807) is 0 Å². The summed E-state index contributed by atoms with van der Waals surface area (Å²) in [5, 5.41) is 5.80. The predicted octanol–water partition coefficient (Wildman–Crippen LogP) is 17.6. The topological polar surface area (TPSA) is 16.4 Å². The van der Waals surface area contributed by atoms with E-state index in [1.807, 2.05) is 0 Å². The third kappa shape index (κ3) is 6.11. The Morgan fingerprint density at radius 2 is 0.791 bits per heavy atom. The van der Waals surface area contributed by atoms with E-state index in [9.17, 15) is 0 Å². The van der Waals surface area contributed by atoms with Gasteiger partial charge in [-0.1, -0.05) is 218 Å². The third-order valence-electron chi connectivity index (χ3n) is 13.9. The maximum absolute atomic E-state index is 6.97. The van der Waals surface area contributed by atoms with Crippen molar-refractivity contribution < 1.29 is 4.42 Å². The van der Waals surface area contributed by atoms with Gasteiger partial charge in [-0.2, -0.15) is 0 Å². The van der Waals surface area contributed by atoms with Crippen molar-refractivity contribution in [1.82, 2.24) is 0 Å². The van der Waals surface area contributed by atoms with E-state index in [-0.39, 0.29) is 0 Å². The lowest BCUT2D eigenvalue weighted by Gasteiger charge is -2.34. The molecule has 1 aromatic heterocycles. The number of nitrogens with zero attached hydrogens (tertiary/aromatic N) is 1. The molecular formula is C65H43NO. The molecule has 0 N–H and O–H groups in total. The monoisotopic (exact) mass is 853 g/mol. The van der Waals surface area contributed by atoms with Gasteiger partial charge >= 0.3 is 0 Å². The lowest BCUT2D eigenvalue weighted by atomic mass is 9.68. The van der Waals surface area contributed by atoms with Crippen LogP contribution in [0.3, 0.4) is 0 Å². The Bertz CT molecular complexity index is 3720. The first-order valence-electron chi connectivity index (χ1n) is 23.1. The largest absolute Gasteiger partial charge is 0.455 e. The molecule has 0 bridgehead atoms. The summed E-state index contributed by atoms with van der Waals surface area (Å²) in [5.74, 6) is 0.890. The van der Waals surface area contributed by atoms with Crippen molar-refractivity contribution in [2.75, 3.05) is 4.90 Å². The van der Waals surface area contributed by atoms with Crippen LogP contribution in [0, 0.1) is 0 Å². The van der Waals surface area contributed by atoms with Crippen LogP contribution in [0.4, 0.5) is 17.1 Å². The highest BCUT2D eigenvalue weighted by Gasteiger charge is 2.45. The predicted molar refractivity (Wildman–Crippen MR) is 280 cm³/mol. The average molecular weight is 854 g/mol. The lowest BCUT2D eigenvalue weighted by molar-refractivity contribution is 0.636. The summed E-state index contributed by atoms with van der Waals surface area (Å²) >= 11 is 0. The van der Waals surface area contributed by atoms with Crippen LogP contribution >= 0.6 is 0 Å². The van der Waals surface area contributed by atoms with Crippen molar-refractivity contribution >= 4 is 49.6 Å². The van der Waals surface area contributed by atoms with E-state index in [0.29, 0.717) is 0 Å². The number of benzene rings is 11. The van der Waals surface area contributed by atoms with E-state index >= 15 is 0 Å². The van der Waals surface area contributed by atoms with Gasteiger partial charge in [-0.15, -0.1) is 0 Å². The molecule has 11 aromatic carbocycles. The SMILES string of the molecule is c1ccc(-c2oc3c4ccccc4c4cc(-c5ccc(N(c6ccccc6)c6ccc(C7(c8ccccc8)c8ccccc8-c8ccccc87)cc6)cc5)ccc4c3c2-c2ccccc2)cc1. The van der Waals surface area contributed by atoms with Crippen molar-refractivity contribution in [2.24, 2.45) is 0 Å². The second-order valence-corrected chi connectivity index (χ2v) is 17.5. The van der Waals surface area contributed by atoms with Crippen LogP contribution in [0.5, 0.6) is 0 Å². The smallest absolute Gasteiger partial charge is 0.143 e. The molecule has 0 spiro atoms. The van der Waals surface area contributed by atoms with Gasteiger partial charge in [0, 0.05) is 39.0 Å². The second kappa shape index (κ2) is 15.8. The zero-order valence-electron chi connectivity index (χ0n) is 36.7. The van der Waals surface area contributed by atoms with Crippen LogP contribution in [0.2, 0.25) is 0 Å². The minimum Gasteiger partial charge on any atom is -0.455 e. The number of hydrogen-bond donors (Lipinski definition) is 0. The van der Waals surface area contributed by atoms with Crippen LogP contribution in [0.15, 0.2) is 265 Å². The third-order valence-corrected chi connectivity index (χ3v) is 13.9. The highest BCUT2D eigenvalue weighted by atomic mass is 16.3. The maximum atomic E-state index is 6.97. The molecular weight excluding hydrogens is 811 g/mol. The summed E-state index contributed by atoms with van der Waals surface area (Å²) in [4.78, 5) is 2.36. The van der Waals surface area contributed by atoms with Crippen LogP contribution in [-0.2, 0) is 5.41 Å². The molecule has 0 saturated carbocycles. The number of para-hydroxylation sites is 1. The van der Waals surface area contributed by atoms with Gasteiger partial charge in [-0.25, -0.2) is 0 Å². The first-order chi connectivity index (χ1) is 33.3. The van der Waals surface area contributed by atoms with Gasteiger partial charge in [-0.3, -0.25) is 0 Å². The minimum atomic E-state index is -0.450. The van der Waals surface area contributed by atoms with Crippen molar-refractivity contribution in [1.29, 1.82) is 0 Å². The lowest BCUT2D eigenvalue weighted by Crippen LogP contribution is -2.28. The van der Waals surface area contributed by atoms with E-state index in [1.165, 1.54) is 49.5 Å². The maximum Gasteiger partial charge on any atom is 0.143 e. The molecule has 2 nitrogen and oxygen atoms in total. The summed E-state index contributed by atoms with van der Waals surface area (Å²) in [6.07, 6.45) is 0. The molecule has 67 heavy (non-hydrogen) atoms. The molecule has 0 amide bonds. The van der Waals surface area contributed by atoms with Crippen LogP contribution in [0.25, 0.3) is 77.2 Å². The minimum absolute atomic E-state index is 0.450. The van der Waals surface area contributed by atoms with Gasteiger partial charge in [0.1, 0.15) is 11.3 Å². The average Bonchev–Trinajstić information content (AvgIpc) is 3.96. The standard InChI is InChI=1S/C65H43NO/c1-5-19-45(20-6-1)61-62-56-42-35-47(43-58(56)53-27-13-14-30-57(53)64(62)67-63(61)46-21-7-2-8-22-46)44-33-38-51(39-34-44)66(50-25-11-4-12-26-50)52-40-36-49(37-41-52)65(48-23-9-3-10-24-48)59-31-17-15-28-54(59)55-29-16-18-32-60(55)65/h1-43H. The zero-order chi connectivity index (χ0) is 44.3. The summed E-state index contributed by atoms with van der Waals surface area (Å²) < 4.78 is 6.97. The summed E-state index contributed by atoms with van der Waals surface area (Å²) in [7, 11) is 0. The fourth-order valence-corrected chi connectivity index (χ4v) is 11.0. The van der Waals surface area contributed by atoms with Crippen LogP contribution < -0.4 is 4.90 Å². The Morgan fingerprint density at radius 3 is 1.43 bits per heavy atom. The molecule has 1 aliphatic carbocycles. The fourth-order valence-electron chi connectivity index (χ4n) is 11.0. The molecule has 1 aliphatic rings. The van der Waals surface area contributed by atoms with Gasteiger partial charge < -0.3 is 9.32 Å². The molecule has 0 atom stereocenters. The van der Waals surface area contributed by atoms with E-state index in [0.717, 1.165) is 67.0 Å². The van der Waals surface area contributed by atoms with Gasteiger partial charge in [0.2, 0.25) is 0 Å². The van der Waals surface area contributed by atoms with Gasteiger partial charge in [-0.05, 0) is 109 Å². The summed E-state index contributed by atoms with van der Waals surface area (Å²) in [6, 6.07) is 94.6. The molecule has 0 fully saturated rings. The number of anilines is 3. The number of furan rings is 1. The Morgan fingerprint density at radius 1 is 0.313 bits per heavy atom. The Hall–Kier alpha value is -8.72. The molecule has 0 aliphatic heterocycles. The molecule has 0 unspecified atom stereocenters.